The Morgan fingerprint density at radius 1 is 1.67 bits per heavy atom. The van der Waals surface area contributed by atoms with Gasteiger partial charge in [-0.1, -0.05) is 6.92 Å². The quantitative estimate of drug-likeness (QED) is 0.766. The Bertz CT molecular complexity index is 238. The van der Waals surface area contributed by atoms with E-state index < -0.39 is 0 Å². The number of anilines is 1. The molecular weight excluding hydrogens is 194 g/mol. The van der Waals surface area contributed by atoms with Crippen LogP contribution in [-0.2, 0) is 0 Å². The molecule has 1 heterocycles. The van der Waals surface area contributed by atoms with E-state index in [-0.39, 0.29) is 0 Å². The van der Waals surface area contributed by atoms with Gasteiger partial charge in [0.1, 0.15) is 5.82 Å². The smallest absolute Gasteiger partial charge is 0.202 e. The summed E-state index contributed by atoms with van der Waals surface area (Å²) in [5, 5.41) is 4.06. The van der Waals surface area contributed by atoms with Crippen molar-refractivity contribution >= 4 is 28.3 Å². The van der Waals surface area contributed by atoms with Crippen LogP contribution in [0.15, 0.2) is 0 Å². The summed E-state index contributed by atoms with van der Waals surface area (Å²) in [7, 11) is 0. The van der Waals surface area contributed by atoms with Crippen LogP contribution in [0.4, 0.5) is 5.13 Å². The molecule has 1 N–H and O–H groups in total. The Hall–Kier alpha value is -0.350. The summed E-state index contributed by atoms with van der Waals surface area (Å²) in [6, 6.07) is 0. The van der Waals surface area contributed by atoms with E-state index in [1.54, 1.807) is 0 Å². The van der Waals surface area contributed by atoms with Crippen molar-refractivity contribution in [2.75, 3.05) is 17.7 Å². The second-order valence-corrected chi connectivity index (χ2v) is 3.85. The first-order valence-electron chi connectivity index (χ1n) is 3.82. The molecule has 0 aliphatic carbocycles. The number of aryl methyl sites for hydroxylation is 1. The zero-order valence-electron chi connectivity index (χ0n) is 7.17. The van der Waals surface area contributed by atoms with Crippen molar-refractivity contribution in [2.24, 2.45) is 5.92 Å². The van der Waals surface area contributed by atoms with Gasteiger partial charge in [-0.05, 0) is 12.8 Å². The van der Waals surface area contributed by atoms with Crippen LogP contribution < -0.4 is 5.32 Å². The van der Waals surface area contributed by atoms with Gasteiger partial charge in [-0.25, -0.2) is 4.98 Å². The number of halogens is 1. The Morgan fingerprint density at radius 3 is 2.92 bits per heavy atom. The average Bonchev–Trinajstić information content (AvgIpc) is 2.47. The maximum absolute atomic E-state index is 5.65. The molecule has 0 aliphatic heterocycles. The summed E-state index contributed by atoms with van der Waals surface area (Å²) in [5.74, 6) is 1.96. The van der Waals surface area contributed by atoms with Crippen molar-refractivity contribution in [3.8, 4) is 0 Å². The predicted octanol–water partition coefficient (Wildman–Crippen LogP) is 2.13. The van der Waals surface area contributed by atoms with Crippen LogP contribution in [0.3, 0.4) is 0 Å². The molecule has 1 rings (SSSR count). The van der Waals surface area contributed by atoms with E-state index in [0.29, 0.717) is 11.8 Å². The van der Waals surface area contributed by atoms with Crippen molar-refractivity contribution in [1.82, 2.24) is 9.36 Å². The third-order valence-electron chi connectivity index (χ3n) is 1.39. The van der Waals surface area contributed by atoms with Crippen LogP contribution in [0.1, 0.15) is 12.7 Å². The van der Waals surface area contributed by atoms with Gasteiger partial charge >= 0.3 is 0 Å². The van der Waals surface area contributed by atoms with E-state index in [2.05, 4.69) is 21.6 Å². The lowest BCUT2D eigenvalue weighted by atomic mass is 10.2. The number of hydrogen-bond donors (Lipinski definition) is 1. The van der Waals surface area contributed by atoms with Crippen molar-refractivity contribution < 1.29 is 0 Å². The average molecular weight is 206 g/mol. The van der Waals surface area contributed by atoms with Gasteiger partial charge in [0.15, 0.2) is 0 Å². The van der Waals surface area contributed by atoms with Gasteiger partial charge < -0.3 is 5.32 Å². The summed E-state index contributed by atoms with van der Waals surface area (Å²) < 4.78 is 4.06. The minimum absolute atomic E-state index is 0.468. The van der Waals surface area contributed by atoms with Gasteiger partial charge in [0.2, 0.25) is 5.13 Å². The lowest BCUT2D eigenvalue weighted by Crippen LogP contribution is -2.12. The molecule has 0 saturated heterocycles. The number of hydrogen-bond acceptors (Lipinski definition) is 4. The summed E-state index contributed by atoms with van der Waals surface area (Å²) in [6.07, 6.45) is 0. The normalized spacial score (nSPS) is 12.9. The van der Waals surface area contributed by atoms with Crippen LogP contribution in [-0.4, -0.2) is 21.8 Å². The van der Waals surface area contributed by atoms with Crippen LogP contribution in [0, 0.1) is 12.8 Å². The largest absolute Gasteiger partial charge is 0.360 e. The van der Waals surface area contributed by atoms with E-state index >= 15 is 0 Å². The molecule has 0 spiro atoms. The molecule has 1 atom stereocenters. The topological polar surface area (TPSA) is 37.8 Å². The monoisotopic (exact) mass is 205 g/mol. The second-order valence-electron chi connectivity index (χ2n) is 2.79. The highest BCUT2D eigenvalue weighted by atomic mass is 35.5. The molecule has 3 nitrogen and oxygen atoms in total. The molecule has 1 unspecified atom stereocenters. The van der Waals surface area contributed by atoms with Crippen molar-refractivity contribution in [3.05, 3.63) is 5.82 Å². The molecule has 0 radical (unpaired) electrons. The van der Waals surface area contributed by atoms with Crippen molar-refractivity contribution in [2.45, 2.75) is 13.8 Å². The highest BCUT2D eigenvalue weighted by Gasteiger charge is 2.02. The molecule has 0 fully saturated rings. The fraction of sp³-hybridized carbons (Fsp3) is 0.714. The summed E-state index contributed by atoms with van der Waals surface area (Å²) in [4.78, 5) is 4.17. The zero-order valence-corrected chi connectivity index (χ0v) is 8.74. The van der Waals surface area contributed by atoms with Gasteiger partial charge in [0, 0.05) is 24.0 Å². The molecule has 1 aromatic heterocycles. The second kappa shape index (κ2) is 4.62. The van der Waals surface area contributed by atoms with Gasteiger partial charge in [-0.15, -0.1) is 11.6 Å². The van der Waals surface area contributed by atoms with Crippen LogP contribution in [0.5, 0.6) is 0 Å². The molecule has 0 bridgehead atoms. The molecule has 68 valence electrons. The predicted molar refractivity (Wildman–Crippen MR) is 53.0 cm³/mol. The molecule has 0 amide bonds. The lowest BCUT2D eigenvalue weighted by molar-refractivity contribution is 0.696. The minimum atomic E-state index is 0.468. The number of alkyl halides is 1. The zero-order chi connectivity index (χ0) is 8.97. The molecule has 12 heavy (non-hydrogen) atoms. The van der Waals surface area contributed by atoms with Gasteiger partial charge in [0.25, 0.3) is 0 Å². The van der Waals surface area contributed by atoms with Gasteiger partial charge in [-0.3, -0.25) is 0 Å². The van der Waals surface area contributed by atoms with E-state index in [1.807, 2.05) is 6.92 Å². The summed E-state index contributed by atoms with van der Waals surface area (Å²) in [5.41, 5.74) is 0. The van der Waals surface area contributed by atoms with Crippen molar-refractivity contribution in [3.63, 3.8) is 0 Å². The van der Waals surface area contributed by atoms with E-state index in [0.717, 1.165) is 17.5 Å². The van der Waals surface area contributed by atoms with Crippen molar-refractivity contribution in [1.29, 1.82) is 0 Å². The summed E-state index contributed by atoms with van der Waals surface area (Å²) in [6.45, 7) is 4.83. The maximum atomic E-state index is 5.65. The fourth-order valence-electron chi connectivity index (χ4n) is 0.685. The lowest BCUT2D eigenvalue weighted by Gasteiger charge is -2.06. The third-order valence-corrected chi connectivity index (χ3v) is 2.68. The highest BCUT2D eigenvalue weighted by molar-refractivity contribution is 7.09. The molecule has 5 heteroatoms. The molecule has 0 saturated carbocycles. The van der Waals surface area contributed by atoms with E-state index in [1.165, 1.54) is 11.5 Å². The Balaban J connectivity index is 2.33. The van der Waals surface area contributed by atoms with Crippen LogP contribution >= 0.6 is 23.1 Å². The maximum Gasteiger partial charge on any atom is 0.202 e. The Kier molecular flexibility index (Phi) is 3.75. The van der Waals surface area contributed by atoms with E-state index in [4.69, 9.17) is 11.6 Å². The Labute approximate surface area is 81.3 Å². The first kappa shape index (κ1) is 9.74. The standard InChI is InChI=1S/C7H12ClN3S/c1-5(3-8)4-9-7-10-6(2)11-12-7/h5H,3-4H2,1-2H3,(H,9,10,11). The van der Waals surface area contributed by atoms with E-state index in [9.17, 15) is 0 Å². The first-order valence-corrected chi connectivity index (χ1v) is 5.13. The molecule has 1 aromatic rings. The highest BCUT2D eigenvalue weighted by Crippen LogP contribution is 2.10. The van der Waals surface area contributed by atoms with Gasteiger partial charge in [0.05, 0.1) is 0 Å². The number of nitrogens with one attached hydrogen (secondary N) is 1. The third kappa shape index (κ3) is 2.95. The van der Waals surface area contributed by atoms with Gasteiger partial charge in [-0.2, -0.15) is 4.37 Å². The minimum Gasteiger partial charge on any atom is -0.360 e. The summed E-state index contributed by atoms with van der Waals surface area (Å²) >= 11 is 7.04. The molecule has 0 aliphatic rings. The number of nitrogens with zero attached hydrogens (tertiary/aromatic N) is 2. The molecular formula is C7H12ClN3S. The SMILES string of the molecule is Cc1nsc(NCC(C)CCl)n1. The Morgan fingerprint density at radius 2 is 2.42 bits per heavy atom. The number of aromatic nitrogens is 2. The molecule has 0 aromatic carbocycles. The number of rotatable bonds is 4. The van der Waals surface area contributed by atoms with Crippen LogP contribution in [0.2, 0.25) is 0 Å². The fourth-order valence-corrected chi connectivity index (χ4v) is 1.37. The first-order chi connectivity index (χ1) is 5.72. The van der Waals surface area contributed by atoms with Crippen LogP contribution in [0.25, 0.3) is 0 Å².